The van der Waals surface area contributed by atoms with E-state index in [1.54, 1.807) is 0 Å². The van der Waals surface area contributed by atoms with Gasteiger partial charge in [-0.25, -0.2) is 0 Å². The molecule has 0 aromatic carbocycles. The fraction of sp³-hybridized carbons (Fsp3) is 0.833. The summed E-state index contributed by atoms with van der Waals surface area (Å²) in [4.78, 5) is 24.3. The lowest BCUT2D eigenvalue weighted by molar-refractivity contribution is -0.147. The first-order chi connectivity index (χ1) is 7.61. The molecule has 0 radical (unpaired) electrons. The minimum absolute atomic E-state index is 0.119. The lowest BCUT2D eigenvalue weighted by atomic mass is 9.86. The van der Waals surface area contributed by atoms with Crippen LogP contribution in [0.25, 0.3) is 0 Å². The highest BCUT2D eigenvalue weighted by molar-refractivity contribution is 5.86. The number of nitrogens with two attached hydrogens (primary N) is 1. The highest BCUT2D eigenvalue weighted by atomic mass is 16.4. The molecule has 100 valence electrons. The number of carboxylic acids is 1. The van der Waals surface area contributed by atoms with Gasteiger partial charge in [-0.1, -0.05) is 27.7 Å². The van der Waals surface area contributed by atoms with Gasteiger partial charge in [0.15, 0.2) is 0 Å². The molecule has 5 heteroatoms. The van der Waals surface area contributed by atoms with Crippen molar-refractivity contribution in [2.45, 2.75) is 53.1 Å². The van der Waals surface area contributed by atoms with Gasteiger partial charge < -0.3 is 15.7 Å². The van der Waals surface area contributed by atoms with Crippen LogP contribution in [0.15, 0.2) is 0 Å². The van der Waals surface area contributed by atoms with E-state index in [9.17, 15) is 9.59 Å². The Morgan fingerprint density at radius 3 is 2.12 bits per heavy atom. The van der Waals surface area contributed by atoms with Crippen molar-refractivity contribution in [1.82, 2.24) is 4.90 Å². The highest BCUT2D eigenvalue weighted by Gasteiger charge is 2.33. The summed E-state index contributed by atoms with van der Waals surface area (Å²) in [5, 5.41) is 8.83. The van der Waals surface area contributed by atoms with Gasteiger partial charge in [-0.15, -0.1) is 0 Å². The first-order valence-corrected chi connectivity index (χ1v) is 5.89. The van der Waals surface area contributed by atoms with E-state index in [0.29, 0.717) is 6.42 Å². The Labute approximate surface area is 103 Å². The summed E-state index contributed by atoms with van der Waals surface area (Å²) in [5.74, 6) is -1.31. The molecule has 0 aliphatic carbocycles. The standard InChI is InChI=1S/C12H24N2O3/c1-6-8(2)14(7-9(15)16)11(17)10(13)12(3,4)5/h8,10H,6-7,13H2,1-5H3,(H,15,16). The summed E-state index contributed by atoms with van der Waals surface area (Å²) < 4.78 is 0. The van der Waals surface area contributed by atoms with Crippen LogP contribution in [-0.2, 0) is 9.59 Å². The number of carbonyl (C=O) groups excluding carboxylic acids is 1. The van der Waals surface area contributed by atoms with Crippen LogP contribution in [0.4, 0.5) is 0 Å². The van der Waals surface area contributed by atoms with E-state index in [-0.39, 0.29) is 23.9 Å². The molecule has 0 aliphatic heterocycles. The Bertz CT molecular complexity index is 284. The number of aliphatic carboxylic acids is 1. The first kappa shape index (κ1) is 15.9. The van der Waals surface area contributed by atoms with Gasteiger partial charge in [-0.3, -0.25) is 9.59 Å². The van der Waals surface area contributed by atoms with Crippen LogP contribution in [0.1, 0.15) is 41.0 Å². The normalized spacial score (nSPS) is 15.2. The Morgan fingerprint density at radius 2 is 1.82 bits per heavy atom. The zero-order valence-corrected chi connectivity index (χ0v) is 11.4. The van der Waals surface area contributed by atoms with Crippen LogP contribution in [0.2, 0.25) is 0 Å². The minimum Gasteiger partial charge on any atom is -0.480 e. The molecule has 0 aromatic heterocycles. The maximum Gasteiger partial charge on any atom is 0.323 e. The molecule has 2 unspecified atom stereocenters. The molecule has 0 fully saturated rings. The maximum absolute atomic E-state index is 12.2. The molecule has 0 saturated carbocycles. The average molecular weight is 244 g/mol. The summed E-state index contributed by atoms with van der Waals surface area (Å²) in [6.45, 7) is 9.05. The summed E-state index contributed by atoms with van der Waals surface area (Å²) in [6.07, 6.45) is 0.704. The van der Waals surface area contributed by atoms with E-state index < -0.39 is 12.0 Å². The number of carbonyl (C=O) groups is 2. The molecule has 5 nitrogen and oxygen atoms in total. The third-order valence-electron chi connectivity index (χ3n) is 2.91. The minimum atomic E-state index is -1.01. The number of rotatable bonds is 5. The molecule has 0 bridgehead atoms. The smallest absolute Gasteiger partial charge is 0.323 e. The molecule has 0 rings (SSSR count). The molecular formula is C12H24N2O3. The molecule has 3 N–H and O–H groups in total. The Balaban J connectivity index is 4.93. The van der Waals surface area contributed by atoms with E-state index in [4.69, 9.17) is 10.8 Å². The van der Waals surface area contributed by atoms with Gasteiger partial charge in [0.2, 0.25) is 5.91 Å². The number of nitrogens with zero attached hydrogens (tertiary/aromatic N) is 1. The molecule has 0 aromatic rings. The van der Waals surface area contributed by atoms with Crippen LogP contribution in [0, 0.1) is 5.41 Å². The predicted molar refractivity (Wildman–Crippen MR) is 66.5 cm³/mol. The van der Waals surface area contributed by atoms with Crippen molar-refractivity contribution >= 4 is 11.9 Å². The van der Waals surface area contributed by atoms with Gasteiger partial charge in [0, 0.05) is 6.04 Å². The lowest BCUT2D eigenvalue weighted by Crippen LogP contribution is -2.54. The van der Waals surface area contributed by atoms with Gasteiger partial charge in [0.25, 0.3) is 0 Å². The third kappa shape index (κ3) is 4.73. The van der Waals surface area contributed by atoms with Crippen molar-refractivity contribution in [3.63, 3.8) is 0 Å². The van der Waals surface area contributed by atoms with Crippen molar-refractivity contribution in [1.29, 1.82) is 0 Å². The van der Waals surface area contributed by atoms with Gasteiger partial charge in [0.1, 0.15) is 6.54 Å². The van der Waals surface area contributed by atoms with Crippen LogP contribution >= 0.6 is 0 Å². The summed E-state index contributed by atoms with van der Waals surface area (Å²) >= 11 is 0. The fourth-order valence-electron chi connectivity index (χ4n) is 1.37. The number of hydrogen-bond donors (Lipinski definition) is 2. The van der Waals surface area contributed by atoms with E-state index in [1.165, 1.54) is 4.90 Å². The van der Waals surface area contributed by atoms with E-state index in [0.717, 1.165) is 0 Å². The number of carboxylic acid groups (broad SMARTS) is 1. The quantitative estimate of drug-likeness (QED) is 0.757. The van der Waals surface area contributed by atoms with Gasteiger partial charge in [0.05, 0.1) is 6.04 Å². The van der Waals surface area contributed by atoms with Crippen molar-refractivity contribution in [3.8, 4) is 0 Å². The van der Waals surface area contributed by atoms with Crippen LogP contribution < -0.4 is 5.73 Å². The molecule has 1 amide bonds. The molecule has 17 heavy (non-hydrogen) atoms. The lowest BCUT2D eigenvalue weighted by Gasteiger charge is -2.34. The summed E-state index contributed by atoms with van der Waals surface area (Å²) in [7, 11) is 0. The average Bonchev–Trinajstić information content (AvgIpc) is 2.21. The van der Waals surface area contributed by atoms with Gasteiger partial charge in [-0.05, 0) is 18.8 Å². The number of hydrogen-bond acceptors (Lipinski definition) is 3. The predicted octanol–water partition coefficient (Wildman–Crippen LogP) is 1.07. The zero-order chi connectivity index (χ0) is 13.8. The van der Waals surface area contributed by atoms with E-state index in [2.05, 4.69) is 0 Å². The molecule has 0 saturated heterocycles. The summed E-state index contributed by atoms with van der Waals surface area (Å²) in [6, 6.07) is -0.803. The maximum atomic E-state index is 12.2. The SMILES string of the molecule is CCC(C)N(CC(=O)O)C(=O)C(N)C(C)(C)C. The largest absolute Gasteiger partial charge is 0.480 e. The van der Waals surface area contributed by atoms with Gasteiger partial charge in [-0.2, -0.15) is 0 Å². The van der Waals surface area contributed by atoms with Crippen LogP contribution in [0.3, 0.4) is 0 Å². The molecule has 2 atom stereocenters. The second-order valence-electron chi connectivity index (χ2n) is 5.46. The van der Waals surface area contributed by atoms with E-state index >= 15 is 0 Å². The van der Waals surface area contributed by atoms with E-state index in [1.807, 2.05) is 34.6 Å². The molecule has 0 spiro atoms. The van der Waals surface area contributed by atoms with Gasteiger partial charge >= 0.3 is 5.97 Å². The highest BCUT2D eigenvalue weighted by Crippen LogP contribution is 2.20. The van der Waals surface area contributed by atoms with Crippen LogP contribution in [0.5, 0.6) is 0 Å². The zero-order valence-electron chi connectivity index (χ0n) is 11.4. The Hall–Kier alpha value is -1.10. The molecular weight excluding hydrogens is 220 g/mol. The van der Waals surface area contributed by atoms with Crippen molar-refractivity contribution in [3.05, 3.63) is 0 Å². The molecule has 0 aliphatic rings. The second-order valence-corrected chi connectivity index (χ2v) is 5.46. The number of amides is 1. The second kappa shape index (κ2) is 6.00. The van der Waals surface area contributed by atoms with Crippen molar-refractivity contribution < 1.29 is 14.7 Å². The summed E-state index contributed by atoms with van der Waals surface area (Å²) in [5.41, 5.74) is 5.51. The third-order valence-corrected chi connectivity index (χ3v) is 2.91. The topological polar surface area (TPSA) is 83.6 Å². The van der Waals surface area contributed by atoms with Crippen molar-refractivity contribution in [2.75, 3.05) is 6.54 Å². The monoisotopic (exact) mass is 244 g/mol. The Morgan fingerprint density at radius 1 is 1.35 bits per heavy atom. The first-order valence-electron chi connectivity index (χ1n) is 5.89. The van der Waals surface area contributed by atoms with Crippen LogP contribution in [-0.4, -0.2) is 40.5 Å². The fourth-order valence-corrected chi connectivity index (χ4v) is 1.37. The Kier molecular flexibility index (Phi) is 5.61. The molecule has 0 heterocycles. The van der Waals surface area contributed by atoms with Crippen molar-refractivity contribution in [2.24, 2.45) is 11.1 Å².